The lowest BCUT2D eigenvalue weighted by molar-refractivity contribution is -0.139. The summed E-state index contributed by atoms with van der Waals surface area (Å²) < 4.78 is 23.2. The first kappa shape index (κ1) is 17.4. The van der Waals surface area contributed by atoms with E-state index < -0.39 is 15.8 Å². The van der Waals surface area contributed by atoms with Crippen molar-refractivity contribution in [3.63, 3.8) is 0 Å². The van der Waals surface area contributed by atoms with Crippen molar-refractivity contribution in [3.8, 4) is 0 Å². The molecule has 0 bridgehead atoms. The monoisotopic (exact) mass is 305 g/mol. The summed E-state index contributed by atoms with van der Waals surface area (Å²) in [5.41, 5.74) is 0. The molecule has 0 aromatic heterocycles. The maximum atomic E-state index is 11.6. The van der Waals surface area contributed by atoms with Gasteiger partial charge < -0.3 is 5.11 Å². The van der Waals surface area contributed by atoms with Gasteiger partial charge in [0, 0.05) is 12.6 Å². The highest BCUT2D eigenvalue weighted by atomic mass is 32.2. The Bertz CT molecular complexity index is 407. The van der Waals surface area contributed by atoms with E-state index in [0.717, 1.165) is 25.7 Å². The fourth-order valence-electron chi connectivity index (χ4n) is 2.83. The summed E-state index contributed by atoms with van der Waals surface area (Å²) >= 11 is 0. The maximum Gasteiger partial charge on any atom is 0.317 e. The van der Waals surface area contributed by atoms with Gasteiger partial charge in [-0.2, -0.15) is 0 Å². The Morgan fingerprint density at radius 1 is 1.40 bits per heavy atom. The summed E-state index contributed by atoms with van der Waals surface area (Å²) in [6.07, 6.45) is 4.94. The molecule has 1 heterocycles. The molecule has 0 aromatic carbocycles. The standard InChI is InChI=1S/C14H27NO4S/c1-3-5-6-12(4-2)9-15(10-14(16)17)13-7-8-20(18,19)11-13/h12-13H,3-11H2,1-2H3,(H,16,17). The first-order chi connectivity index (χ1) is 9.38. The van der Waals surface area contributed by atoms with E-state index in [1.807, 2.05) is 4.90 Å². The van der Waals surface area contributed by atoms with Crippen LogP contribution in [0, 0.1) is 5.92 Å². The number of sulfone groups is 1. The van der Waals surface area contributed by atoms with Crippen molar-refractivity contribution in [2.45, 2.75) is 52.0 Å². The van der Waals surface area contributed by atoms with Gasteiger partial charge in [0.25, 0.3) is 0 Å². The van der Waals surface area contributed by atoms with Crippen LogP contribution in [-0.2, 0) is 14.6 Å². The lowest BCUT2D eigenvalue weighted by Gasteiger charge is -2.30. The van der Waals surface area contributed by atoms with Crippen molar-refractivity contribution in [2.75, 3.05) is 24.6 Å². The molecule has 1 aliphatic heterocycles. The highest BCUT2D eigenvalue weighted by Gasteiger charge is 2.33. The second-order valence-electron chi connectivity index (χ2n) is 5.80. The van der Waals surface area contributed by atoms with E-state index >= 15 is 0 Å². The molecule has 0 saturated carbocycles. The van der Waals surface area contributed by atoms with Gasteiger partial charge in [-0.25, -0.2) is 8.42 Å². The number of unbranched alkanes of at least 4 members (excludes halogenated alkanes) is 1. The van der Waals surface area contributed by atoms with Gasteiger partial charge in [-0.1, -0.05) is 33.1 Å². The van der Waals surface area contributed by atoms with Gasteiger partial charge in [0.2, 0.25) is 0 Å². The molecule has 1 fully saturated rings. The Balaban J connectivity index is 2.66. The number of carboxylic acid groups (broad SMARTS) is 1. The summed E-state index contributed by atoms with van der Waals surface area (Å²) in [6.45, 7) is 4.90. The van der Waals surface area contributed by atoms with Gasteiger partial charge in [0.15, 0.2) is 9.84 Å². The number of nitrogens with zero attached hydrogens (tertiary/aromatic N) is 1. The molecule has 1 saturated heterocycles. The largest absolute Gasteiger partial charge is 0.480 e. The van der Waals surface area contributed by atoms with Gasteiger partial charge in [0.05, 0.1) is 18.1 Å². The molecule has 1 aliphatic rings. The van der Waals surface area contributed by atoms with Gasteiger partial charge in [-0.05, 0) is 18.8 Å². The molecular weight excluding hydrogens is 278 g/mol. The molecule has 2 atom stereocenters. The molecule has 0 spiro atoms. The van der Waals surface area contributed by atoms with Crippen molar-refractivity contribution >= 4 is 15.8 Å². The van der Waals surface area contributed by atoms with Gasteiger partial charge in [-0.3, -0.25) is 9.69 Å². The minimum atomic E-state index is -2.97. The van der Waals surface area contributed by atoms with E-state index in [1.165, 1.54) is 0 Å². The topological polar surface area (TPSA) is 74.7 Å². The van der Waals surface area contributed by atoms with Crippen LogP contribution in [0.25, 0.3) is 0 Å². The van der Waals surface area contributed by atoms with Crippen LogP contribution in [0.3, 0.4) is 0 Å². The third-order valence-corrected chi connectivity index (χ3v) is 5.85. The van der Waals surface area contributed by atoms with Crippen LogP contribution in [-0.4, -0.2) is 55.0 Å². The Labute approximate surface area is 122 Å². The van der Waals surface area contributed by atoms with Crippen molar-refractivity contribution in [2.24, 2.45) is 5.92 Å². The first-order valence-corrected chi connectivity index (χ1v) is 9.36. The number of carbonyl (C=O) groups is 1. The van der Waals surface area contributed by atoms with Crippen LogP contribution in [0.2, 0.25) is 0 Å². The van der Waals surface area contributed by atoms with Crippen LogP contribution < -0.4 is 0 Å². The quantitative estimate of drug-likeness (QED) is 0.703. The number of hydrogen-bond acceptors (Lipinski definition) is 4. The van der Waals surface area contributed by atoms with E-state index in [0.29, 0.717) is 18.9 Å². The fraction of sp³-hybridized carbons (Fsp3) is 0.929. The molecule has 0 radical (unpaired) electrons. The summed E-state index contributed by atoms with van der Waals surface area (Å²) in [7, 11) is -2.97. The van der Waals surface area contributed by atoms with Crippen molar-refractivity contribution in [3.05, 3.63) is 0 Å². The third-order valence-electron chi connectivity index (χ3n) is 4.10. The van der Waals surface area contributed by atoms with Crippen LogP contribution in [0.1, 0.15) is 46.0 Å². The number of aliphatic carboxylic acids is 1. The molecule has 0 aromatic rings. The second-order valence-corrected chi connectivity index (χ2v) is 8.03. The van der Waals surface area contributed by atoms with E-state index in [-0.39, 0.29) is 24.1 Å². The Hall–Kier alpha value is -0.620. The second kappa shape index (κ2) is 7.98. The molecular formula is C14H27NO4S. The Morgan fingerprint density at radius 3 is 2.55 bits per heavy atom. The van der Waals surface area contributed by atoms with Gasteiger partial charge >= 0.3 is 5.97 Å². The zero-order valence-electron chi connectivity index (χ0n) is 12.5. The van der Waals surface area contributed by atoms with E-state index in [2.05, 4.69) is 13.8 Å². The van der Waals surface area contributed by atoms with E-state index in [4.69, 9.17) is 5.11 Å². The number of carboxylic acids is 1. The minimum absolute atomic E-state index is 0.0528. The maximum absolute atomic E-state index is 11.6. The molecule has 5 nitrogen and oxygen atoms in total. The highest BCUT2D eigenvalue weighted by Crippen LogP contribution is 2.21. The predicted molar refractivity (Wildman–Crippen MR) is 79.6 cm³/mol. The van der Waals surface area contributed by atoms with Crippen molar-refractivity contribution < 1.29 is 18.3 Å². The highest BCUT2D eigenvalue weighted by molar-refractivity contribution is 7.91. The molecule has 0 aliphatic carbocycles. The minimum Gasteiger partial charge on any atom is -0.480 e. The van der Waals surface area contributed by atoms with Crippen LogP contribution in [0.4, 0.5) is 0 Å². The molecule has 20 heavy (non-hydrogen) atoms. The van der Waals surface area contributed by atoms with Crippen molar-refractivity contribution in [1.29, 1.82) is 0 Å². The normalized spacial score (nSPS) is 23.1. The van der Waals surface area contributed by atoms with E-state index in [1.54, 1.807) is 0 Å². The smallest absolute Gasteiger partial charge is 0.317 e. The van der Waals surface area contributed by atoms with Crippen LogP contribution >= 0.6 is 0 Å². The lowest BCUT2D eigenvalue weighted by Crippen LogP contribution is -2.42. The summed E-state index contributed by atoms with van der Waals surface area (Å²) in [5.74, 6) is -0.110. The molecule has 1 N–H and O–H groups in total. The zero-order valence-corrected chi connectivity index (χ0v) is 13.4. The Morgan fingerprint density at radius 2 is 2.10 bits per heavy atom. The average molecular weight is 305 g/mol. The predicted octanol–water partition coefficient (Wildman–Crippen LogP) is 1.78. The summed E-state index contributed by atoms with van der Waals surface area (Å²) in [4.78, 5) is 12.9. The summed E-state index contributed by atoms with van der Waals surface area (Å²) in [5, 5.41) is 9.04. The molecule has 0 amide bonds. The summed E-state index contributed by atoms with van der Waals surface area (Å²) in [6, 6.07) is -0.119. The van der Waals surface area contributed by atoms with Crippen molar-refractivity contribution in [1.82, 2.24) is 4.90 Å². The molecule has 2 unspecified atom stereocenters. The van der Waals surface area contributed by atoms with E-state index in [9.17, 15) is 13.2 Å². The zero-order chi connectivity index (χ0) is 15.2. The van der Waals surface area contributed by atoms with Crippen LogP contribution in [0.15, 0.2) is 0 Å². The molecule has 118 valence electrons. The average Bonchev–Trinajstić information content (AvgIpc) is 2.73. The third kappa shape index (κ3) is 5.79. The van der Waals surface area contributed by atoms with Gasteiger partial charge in [0.1, 0.15) is 0 Å². The fourth-order valence-corrected chi connectivity index (χ4v) is 4.59. The van der Waals surface area contributed by atoms with Crippen LogP contribution in [0.5, 0.6) is 0 Å². The lowest BCUT2D eigenvalue weighted by atomic mass is 9.98. The molecule has 1 rings (SSSR count). The number of hydrogen-bond donors (Lipinski definition) is 1. The first-order valence-electron chi connectivity index (χ1n) is 7.54. The SMILES string of the molecule is CCCCC(CC)CN(CC(=O)O)C1CCS(=O)(=O)C1. The number of rotatable bonds is 9. The molecule has 6 heteroatoms. The van der Waals surface area contributed by atoms with Gasteiger partial charge in [-0.15, -0.1) is 0 Å². The Kier molecular flexibility index (Phi) is 6.95.